The molecule has 0 radical (unpaired) electrons. The van der Waals surface area contributed by atoms with Crippen LogP contribution in [-0.2, 0) is 0 Å². The average Bonchev–Trinajstić information content (AvgIpc) is 3.40. The van der Waals surface area contributed by atoms with Gasteiger partial charge < -0.3 is 9.38 Å². The van der Waals surface area contributed by atoms with E-state index in [1.807, 2.05) is 0 Å². The molecule has 7 aromatic rings. The summed E-state index contributed by atoms with van der Waals surface area (Å²) in [5.74, 6) is 0. The van der Waals surface area contributed by atoms with Crippen molar-refractivity contribution in [1.82, 2.24) is 4.48 Å². The van der Waals surface area contributed by atoms with Gasteiger partial charge in [-0.05, 0) is 51.9 Å². The Labute approximate surface area is 239 Å². The van der Waals surface area contributed by atoms with Gasteiger partial charge in [0.25, 0.3) is 0 Å². The molecule has 2 nitrogen and oxygen atoms in total. The van der Waals surface area contributed by atoms with Crippen LogP contribution < -0.4 is 15.8 Å². The van der Waals surface area contributed by atoms with Crippen LogP contribution >= 0.6 is 0 Å². The average molecular weight is 520 g/mol. The first-order valence-corrected chi connectivity index (χ1v) is 14.3. The fraction of sp³-hybridized carbons (Fsp3) is 0. The van der Waals surface area contributed by atoms with Crippen LogP contribution in [0.2, 0.25) is 0 Å². The minimum Gasteiger partial charge on any atom is -0.375 e. The lowest BCUT2D eigenvalue weighted by atomic mass is 9.45. The van der Waals surface area contributed by atoms with E-state index < -0.39 is 0 Å². The standard InChI is InChI=1S/C38H25BN2/c1-4-14-26(15-5-1)35-31-22-12-21-30-29-20-13-25-34-36(29)39(41(38(30)31)37(35)27-16-6-2-7-17-27)32-23-10-11-24-33(32)40(34)28-18-8-3-9-19-28/h1-25H. The van der Waals surface area contributed by atoms with Crippen molar-refractivity contribution in [1.29, 1.82) is 0 Å². The van der Waals surface area contributed by atoms with Crippen molar-refractivity contribution < 1.29 is 0 Å². The number of aromatic nitrogens is 1. The van der Waals surface area contributed by atoms with Gasteiger partial charge in [-0.2, -0.15) is 0 Å². The first-order chi connectivity index (χ1) is 20.4. The Hall–Kier alpha value is -5.28. The van der Waals surface area contributed by atoms with Crippen LogP contribution in [-0.4, -0.2) is 11.3 Å². The van der Waals surface area contributed by atoms with Crippen molar-refractivity contribution in [2.75, 3.05) is 4.90 Å². The zero-order chi connectivity index (χ0) is 26.9. The molecule has 0 saturated carbocycles. The molecule has 0 amide bonds. The van der Waals surface area contributed by atoms with Crippen LogP contribution in [0.4, 0.5) is 17.1 Å². The summed E-state index contributed by atoms with van der Waals surface area (Å²) in [6.45, 7) is 0.0439. The SMILES string of the molecule is c1ccc(-c2c(-c3ccccc3)n3c4c(cccc24)-c2cccc4c2B3c2ccccc2N4c2ccccc2)cc1. The number of rotatable bonds is 3. The molecule has 0 fully saturated rings. The Morgan fingerprint density at radius 3 is 1.85 bits per heavy atom. The predicted octanol–water partition coefficient (Wildman–Crippen LogP) is 8.39. The van der Waals surface area contributed by atoms with Crippen molar-refractivity contribution in [3.05, 3.63) is 152 Å². The van der Waals surface area contributed by atoms with E-state index in [-0.39, 0.29) is 6.85 Å². The maximum Gasteiger partial charge on any atom is 0.333 e. The van der Waals surface area contributed by atoms with Gasteiger partial charge in [-0.1, -0.05) is 127 Å². The number of anilines is 3. The van der Waals surface area contributed by atoms with E-state index in [9.17, 15) is 0 Å². The molecule has 0 bridgehead atoms. The van der Waals surface area contributed by atoms with E-state index in [2.05, 4.69) is 161 Å². The Kier molecular flexibility index (Phi) is 4.73. The van der Waals surface area contributed by atoms with Crippen LogP contribution in [0.15, 0.2) is 152 Å². The summed E-state index contributed by atoms with van der Waals surface area (Å²) in [5, 5.41) is 1.30. The minimum atomic E-state index is 0.0439. The van der Waals surface area contributed by atoms with Crippen molar-refractivity contribution in [3.63, 3.8) is 0 Å². The number of benzene rings is 6. The molecule has 2 aliphatic rings. The first-order valence-electron chi connectivity index (χ1n) is 14.3. The topological polar surface area (TPSA) is 8.17 Å². The zero-order valence-corrected chi connectivity index (χ0v) is 22.4. The molecule has 1 aromatic heterocycles. The van der Waals surface area contributed by atoms with E-state index in [4.69, 9.17) is 0 Å². The summed E-state index contributed by atoms with van der Waals surface area (Å²) in [7, 11) is 0. The molecule has 41 heavy (non-hydrogen) atoms. The quantitative estimate of drug-likeness (QED) is 0.213. The second kappa shape index (κ2) is 8.61. The van der Waals surface area contributed by atoms with E-state index in [0.717, 1.165) is 0 Å². The summed E-state index contributed by atoms with van der Waals surface area (Å²) >= 11 is 0. The van der Waals surface area contributed by atoms with Crippen LogP contribution in [0.1, 0.15) is 0 Å². The van der Waals surface area contributed by atoms with Crippen molar-refractivity contribution in [2.24, 2.45) is 0 Å². The predicted molar refractivity (Wildman–Crippen MR) is 173 cm³/mol. The largest absolute Gasteiger partial charge is 0.375 e. The van der Waals surface area contributed by atoms with Gasteiger partial charge in [0.1, 0.15) is 0 Å². The van der Waals surface area contributed by atoms with E-state index in [1.165, 1.54) is 72.4 Å². The molecule has 6 aromatic carbocycles. The van der Waals surface area contributed by atoms with Gasteiger partial charge in [0.2, 0.25) is 0 Å². The zero-order valence-electron chi connectivity index (χ0n) is 22.4. The highest BCUT2D eigenvalue weighted by molar-refractivity contribution is 6.89. The van der Waals surface area contributed by atoms with Crippen LogP contribution in [0.5, 0.6) is 0 Å². The molecule has 0 atom stereocenters. The van der Waals surface area contributed by atoms with Crippen LogP contribution in [0.25, 0.3) is 44.4 Å². The molecule has 0 aliphatic carbocycles. The molecular weight excluding hydrogens is 495 g/mol. The molecular formula is C38H25BN2. The first kappa shape index (κ1) is 22.5. The number of para-hydroxylation sites is 3. The highest BCUT2D eigenvalue weighted by atomic mass is 15.2. The molecule has 0 saturated heterocycles. The van der Waals surface area contributed by atoms with E-state index >= 15 is 0 Å². The molecule has 3 heterocycles. The summed E-state index contributed by atoms with van der Waals surface area (Å²) < 4.78 is 2.65. The van der Waals surface area contributed by atoms with Gasteiger partial charge in [-0.15, -0.1) is 0 Å². The van der Waals surface area contributed by atoms with Gasteiger partial charge in [0.15, 0.2) is 0 Å². The van der Waals surface area contributed by atoms with Gasteiger partial charge in [-0.25, -0.2) is 0 Å². The van der Waals surface area contributed by atoms with Gasteiger partial charge in [-0.3, -0.25) is 0 Å². The molecule has 2 aliphatic heterocycles. The molecule has 0 spiro atoms. The Morgan fingerprint density at radius 2 is 1.07 bits per heavy atom. The second-order valence-electron chi connectivity index (χ2n) is 10.9. The molecule has 190 valence electrons. The van der Waals surface area contributed by atoms with Crippen molar-refractivity contribution in [2.45, 2.75) is 0 Å². The molecule has 9 rings (SSSR count). The number of fused-ring (bicyclic) bond motifs is 4. The highest BCUT2D eigenvalue weighted by Crippen LogP contribution is 2.48. The lowest BCUT2D eigenvalue weighted by Gasteiger charge is -2.40. The number of nitrogens with zero attached hydrogens (tertiary/aromatic N) is 2. The Bertz CT molecular complexity index is 2100. The second-order valence-corrected chi connectivity index (χ2v) is 10.9. The summed E-state index contributed by atoms with van der Waals surface area (Å²) in [6.07, 6.45) is 0. The lowest BCUT2D eigenvalue weighted by Crippen LogP contribution is -2.56. The fourth-order valence-corrected chi connectivity index (χ4v) is 7.22. The summed E-state index contributed by atoms with van der Waals surface area (Å²) in [4.78, 5) is 2.44. The maximum atomic E-state index is 2.65. The van der Waals surface area contributed by atoms with Gasteiger partial charge >= 0.3 is 6.85 Å². The van der Waals surface area contributed by atoms with E-state index in [1.54, 1.807) is 0 Å². The minimum absolute atomic E-state index is 0.0439. The fourth-order valence-electron chi connectivity index (χ4n) is 7.22. The summed E-state index contributed by atoms with van der Waals surface area (Å²) in [5.41, 5.74) is 15.3. The molecule has 0 N–H and O–H groups in total. The van der Waals surface area contributed by atoms with Crippen LogP contribution in [0, 0.1) is 0 Å². The normalized spacial score (nSPS) is 12.8. The lowest BCUT2D eigenvalue weighted by molar-refractivity contribution is 1.23. The molecule has 3 heteroatoms. The van der Waals surface area contributed by atoms with Crippen molar-refractivity contribution >= 4 is 45.7 Å². The Morgan fingerprint density at radius 1 is 0.463 bits per heavy atom. The summed E-state index contributed by atoms with van der Waals surface area (Å²) in [6, 6.07) is 55.3. The molecule has 0 unspecified atom stereocenters. The third-order valence-electron chi connectivity index (χ3n) is 8.77. The maximum absolute atomic E-state index is 2.65. The van der Waals surface area contributed by atoms with Crippen LogP contribution in [0.3, 0.4) is 0 Å². The monoisotopic (exact) mass is 520 g/mol. The Balaban J connectivity index is 1.47. The number of hydrogen-bond donors (Lipinski definition) is 0. The third-order valence-corrected chi connectivity index (χ3v) is 8.77. The van der Waals surface area contributed by atoms with Crippen molar-refractivity contribution in [3.8, 4) is 33.5 Å². The number of hydrogen-bond acceptors (Lipinski definition) is 1. The smallest absolute Gasteiger partial charge is 0.333 e. The van der Waals surface area contributed by atoms with Gasteiger partial charge in [0, 0.05) is 44.8 Å². The van der Waals surface area contributed by atoms with Gasteiger partial charge in [0.05, 0.1) is 0 Å². The third kappa shape index (κ3) is 3.09. The van der Waals surface area contributed by atoms with E-state index in [0.29, 0.717) is 0 Å². The highest BCUT2D eigenvalue weighted by Gasteiger charge is 2.43.